The van der Waals surface area contributed by atoms with Crippen molar-refractivity contribution in [2.75, 3.05) is 32.7 Å². The number of allylic oxidation sites excluding steroid dienone is 1. The highest BCUT2D eigenvalue weighted by Crippen LogP contribution is 2.19. The van der Waals surface area contributed by atoms with Gasteiger partial charge in [-0.05, 0) is 129 Å². The van der Waals surface area contributed by atoms with E-state index >= 15 is 0 Å². The Morgan fingerprint density at radius 1 is 0.455 bits per heavy atom. The number of carboxylic acids is 2. The van der Waals surface area contributed by atoms with E-state index in [0.717, 1.165) is 54.7 Å². The van der Waals surface area contributed by atoms with E-state index in [0.29, 0.717) is 110 Å². The largest absolute Gasteiger partial charge is 0.481 e. The highest BCUT2D eigenvalue weighted by atomic mass is 16.4. The number of nitrogens with one attached hydrogen (secondary N) is 2. The lowest BCUT2D eigenvalue weighted by Crippen LogP contribution is -2.56. The van der Waals surface area contributed by atoms with E-state index in [2.05, 4.69) is 10.6 Å². The minimum absolute atomic E-state index is 0.0179. The molecule has 0 heterocycles. The molecule has 0 rings (SSSR count). The number of amides is 6. The van der Waals surface area contributed by atoms with Gasteiger partial charge in [0.15, 0.2) is 0 Å². The summed E-state index contributed by atoms with van der Waals surface area (Å²) in [6, 6.07) is -4.73. The number of unbranched alkanes of at least 4 members (excludes halogenated alkanes) is 14. The van der Waals surface area contributed by atoms with Crippen LogP contribution in [0.5, 0.6) is 0 Å². The maximum atomic E-state index is 13.5. The van der Waals surface area contributed by atoms with Crippen molar-refractivity contribution < 1.29 is 48.6 Å². The number of imide groups is 2. The molecule has 0 radical (unpaired) electrons. The van der Waals surface area contributed by atoms with E-state index in [4.69, 9.17) is 44.6 Å². The number of carbonyl (C=O) groups is 8. The monoisotopic (exact) mass is 939 g/mol. The molecule has 0 bridgehead atoms. The second-order valence-corrected chi connectivity index (χ2v) is 16.9. The lowest BCUT2D eigenvalue weighted by atomic mass is 10.0. The van der Waals surface area contributed by atoms with Gasteiger partial charge in [-0.15, -0.1) is 0 Å². The van der Waals surface area contributed by atoms with Crippen LogP contribution in [0.4, 0.5) is 0 Å². The maximum absolute atomic E-state index is 13.5. The van der Waals surface area contributed by atoms with Gasteiger partial charge < -0.3 is 55.2 Å². The quantitative estimate of drug-likeness (QED) is 0.0393. The Morgan fingerprint density at radius 3 is 1.26 bits per heavy atom. The Bertz CT molecular complexity index is 1450. The van der Waals surface area contributed by atoms with Crippen LogP contribution in [0.25, 0.3) is 0 Å². The summed E-state index contributed by atoms with van der Waals surface area (Å²) in [6.45, 7) is 2.04. The average Bonchev–Trinajstić information content (AvgIpc) is 3.29. The summed E-state index contributed by atoms with van der Waals surface area (Å²) in [5, 5.41) is 23.8. The zero-order valence-electron chi connectivity index (χ0n) is 39.6. The lowest BCUT2D eigenvalue weighted by Gasteiger charge is -2.31. The molecule has 0 aliphatic carbocycles. The molecule has 380 valence electrons. The standard InChI is InChI=1S/C46H86N10O10/c47-29-15-9-11-23-39(57)55(45(65)35(51)25-27-41(59)60)37(21-13-17-31-49)43(63)53-33-19-7-5-3-1-2-4-6-8-20-34-54-44(64)38(22-14-18-32-50)56(40(58)24-12-10-16-30-48)46(66)36(52)26-28-42(61)62/h19,33,35-38H,1-18,20-32,34,47-52H2,(H,53,63)(H,54,64)(H,59,60)(H,61,62)/t35-,36-,37-,38-/m0/s1. The van der Waals surface area contributed by atoms with Crippen LogP contribution in [0.15, 0.2) is 12.3 Å². The summed E-state index contributed by atoms with van der Waals surface area (Å²) in [7, 11) is 0. The molecule has 0 unspecified atom stereocenters. The van der Waals surface area contributed by atoms with Crippen LogP contribution >= 0.6 is 0 Å². The Kier molecular flexibility index (Phi) is 37.2. The predicted octanol–water partition coefficient (Wildman–Crippen LogP) is 2.37. The van der Waals surface area contributed by atoms with Gasteiger partial charge in [-0.3, -0.25) is 48.2 Å². The highest BCUT2D eigenvalue weighted by molar-refractivity contribution is 6.03. The third-order valence-electron chi connectivity index (χ3n) is 11.2. The van der Waals surface area contributed by atoms with Gasteiger partial charge in [-0.1, -0.05) is 57.4 Å². The summed E-state index contributed by atoms with van der Waals surface area (Å²) >= 11 is 0. The molecule has 0 spiro atoms. The minimum atomic E-state index is -1.26. The van der Waals surface area contributed by atoms with E-state index < -0.39 is 71.5 Å². The molecule has 4 atom stereocenters. The Morgan fingerprint density at radius 2 is 0.833 bits per heavy atom. The first-order valence-electron chi connectivity index (χ1n) is 24.4. The molecule has 0 saturated heterocycles. The first-order chi connectivity index (χ1) is 31.7. The third-order valence-corrected chi connectivity index (χ3v) is 11.2. The molecule has 0 aromatic heterocycles. The molecule has 0 aliphatic heterocycles. The summed E-state index contributed by atoms with van der Waals surface area (Å²) in [5.41, 5.74) is 34.6. The topological polar surface area (TPSA) is 364 Å². The first-order valence-corrected chi connectivity index (χ1v) is 24.4. The first kappa shape index (κ1) is 61.7. The van der Waals surface area contributed by atoms with Crippen LogP contribution in [-0.2, 0) is 38.4 Å². The Balaban J connectivity index is 5.12. The van der Waals surface area contributed by atoms with Crippen LogP contribution in [0, 0.1) is 0 Å². The fourth-order valence-electron chi connectivity index (χ4n) is 7.32. The normalized spacial score (nSPS) is 13.1. The zero-order valence-corrected chi connectivity index (χ0v) is 39.6. The summed E-state index contributed by atoms with van der Waals surface area (Å²) in [6.07, 6.45) is 16.8. The van der Waals surface area contributed by atoms with Crippen molar-refractivity contribution in [1.82, 2.24) is 20.4 Å². The molecular formula is C46H86N10O10. The van der Waals surface area contributed by atoms with E-state index in [9.17, 15) is 38.4 Å². The fraction of sp³-hybridized carbons (Fsp3) is 0.783. The third kappa shape index (κ3) is 28.6. The summed E-state index contributed by atoms with van der Waals surface area (Å²) in [4.78, 5) is 105. The van der Waals surface area contributed by atoms with Crippen molar-refractivity contribution in [2.45, 2.75) is 198 Å². The Labute approximate surface area is 392 Å². The van der Waals surface area contributed by atoms with Gasteiger partial charge in [0.25, 0.3) is 0 Å². The van der Waals surface area contributed by atoms with Crippen LogP contribution in [0.1, 0.15) is 173 Å². The van der Waals surface area contributed by atoms with Gasteiger partial charge in [0.2, 0.25) is 35.4 Å². The van der Waals surface area contributed by atoms with Crippen LogP contribution < -0.4 is 45.0 Å². The molecule has 20 heteroatoms. The van der Waals surface area contributed by atoms with Gasteiger partial charge >= 0.3 is 11.9 Å². The second-order valence-electron chi connectivity index (χ2n) is 16.9. The van der Waals surface area contributed by atoms with Gasteiger partial charge in [-0.2, -0.15) is 0 Å². The number of nitrogens with two attached hydrogens (primary N) is 6. The number of carboxylic acid groups (broad SMARTS) is 2. The molecule has 66 heavy (non-hydrogen) atoms. The van der Waals surface area contributed by atoms with Gasteiger partial charge in [0.05, 0.1) is 12.1 Å². The molecule has 20 nitrogen and oxygen atoms in total. The van der Waals surface area contributed by atoms with E-state index in [1.54, 1.807) is 0 Å². The Hall–Kier alpha value is -4.34. The molecule has 0 aromatic rings. The second kappa shape index (κ2) is 39.8. The smallest absolute Gasteiger partial charge is 0.303 e. The van der Waals surface area contributed by atoms with E-state index in [-0.39, 0.29) is 51.4 Å². The molecular weight excluding hydrogens is 853 g/mol. The number of aliphatic carboxylic acids is 2. The van der Waals surface area contributed by atoms with Crippen LogP contribution in [0.3, 0.4) is 0 Å². The summed E-state index contributed by atoms with van der Waals surface area (Å²) in [5.74, 6) is -5.84. The molecule has 0 saturated carbocycles. The van der Waals surface area contributed by atoms with E-state index in [1.165, 1.54) is 6.20 Å². The lowest BCUT2D eigenvalue weighted by molar-refractivity contribution is -0.154. The fourth-order valence-corrected chi connectivity index (χ4v) is 7.32. The van der Waals surface area contributed by atoms with Crippen molar-refractivity contribution in [3.8, 4) is 0 Å². The van der Waals surface area contributed by atoms with Gasteiger partial charge in [-0.25, -0.2) is 0 Å². The maximum Gasteiger partial charge on any atom is 0.303 e. The SMILES string of the molecule is NCCCCCC(=O)N(C(=O)[C@@H](N)CCC(=O)O)[C@@H](CCCCN)C(=O)NC=CCCCCCCCCCCNC(=O)[C@H](CCCCN)N(C(=O)CCCCCN)C(=O)[C@@H](N)CCC(=O)O. The molecule has 0 aliphatic rings. The van der Waals surface area contributed by atoms with Crippen LogP contribution in [0.2, 0.25) is 0 Å². The molecule has 0 fully saturated rings. The van der Waals surface area contributed by atoms with Crippen molar-refractivity contribution in [3.05, 3.63) is 12.3 Å². The van der Waals surface area contributed by atoms with Crippen LogP contribution in [-0.4, -0.2) is 124 Å². The number of hydrogen-bond donors (Lipinski definition) is 10. The molecule has 6 amide bonds. The minimum Gasteiger partial charge on any atom is -0.481 e. The van der Waals surface area contributed by atoms with Crippen molar-refractivity contribution in [2.24, 2.45) is 34.4 Å². The molecule has 0 aromatic carbocycles. The average molecular weight is 939 g/mol. The highest BCUT2D eigenvalue weighted by Gasteiger charge is 2.38. The van der Waals surface area contributed by atoms with Gasteiger partial charge in [0.1, 0.15) is 12.1 Å². The number of hydrogen-bond acceptors (Lipinski definition) is 14. The number of carbonyl (C=O) groups excluding carboxylic acids is 6. The molecule has 16 N–H and O–H groups in total. The van der Waals surface area contributed by atoms with E-state index in [1.807, 2.05) is 6.08 Å². The zero-order chi connectivity index (χ0) is 49.5. The summed E-state index contributed by atoms with van der Waals surface area (Å²) < 4.78 is 0. The number of nitrogens with zero attached hydrogens (tertiary/aromatic N) is 2. The number of rotatable bonds is 42. The van der Waals surface area contributed by atoms with Crippen molar-refractivity contribution in [1.29, 1.82) is 0 Å². The van der Waals surface area contributed by atoms with Gasteiger partial charge in [0, 0.05) is 32.2 Å². The van der Waals surface area contributed by atoms with Crippen molar-refractivity contribution >= 4 is 47.4 Å². The van der Waals surface area contributed by atoms with Crippen molar-refractivity contribution in [3.63, 3.8) is 0 Å². The predicted molar refractivity (Wildman–Crippen MR) is 254 cm³/mol.